The zero-order chi connectivity index (χ0) is 24.4. The fourth-order valence-electron chi connectivity index (χ4n) is 4.86. The maximum atomic E-state index is 14.2. The van der Waals surface area contributed by atoms with E-state index in [1.807, 2.05) is 86.6 Å². The van der Waals surface area contributed by atoms with Crippen molar-refractivity contribution in [1.82, 2.24) is 4.31 Å². The van der Waals surface area contributed by atoms with Crippen LogP contribution in [-0.2, 0) is 10.0 Å². The molecule has 0 aliphatic carbocycles. The molecule has 0 saturated carbocycles. The molecule has 1 aliphatic rings. The average Bonchev–Trinajstić information content (AvgIpc) is 2.91. The van der Waals surface area contributed by atoms with Gasteiger partial charge in [0.2, 0.25) is 0 Å². The van der Waals surface area contributed by atoms with Gasteiger partial charge in [-0.05, 0) is 59.4 Å². The van der Waals surface area contributed by atoms with Crippen molar-refractivity contribution in [3.8, 4) is 0 Å². The number of hydrogen-bond acceptors (Lipinski definition) is 2. The highest BCUT2D eigenvalue weighted by molar-refractivity contribution is 7.89. The summed E-state index contributed by atoms with van der Waals surface area (Å²) in [7, 11) is -3.85. The Morgan fingerprint density at radius 2 is 1.06 bits per heavy atom. The van der Waals surface area contributed by atoms with Gasteiger partial charge in [0.1, 0.15) is 0 Å². The summed E-state index contributed by atoms with van der Waals surface area (Å²) in [4.78, 5) is 0.281. The second kappa shape index (κ2) is 9.40. The van der Waals surface area contributed by atoms with Gasteiger partial charge in [-0.1, -0.05) is 109 Å². The van der Waals surface area contributed by atoms with Crippen LogP contribution in [0.5, 0.6) is 0 Å². The zero-order valence-electron chi connectivity index (χ0n) is 19.8. The number of rotatable bonds is 5. The van der Waals surface area contributed by atoms with Crippen LogP contribution >= 0.6 is 0 Å². The van der Waals surface area contributed by atoms with E-state index >= 15 is 0 Å². The van der Waals surface area contributed by atoms with Gasteiger partial charge < -0.3 is 0 Å². The molecule has 1 heterocycles. The quantitative estimate of drug-likeness (QED) is 0.302. The van der Waals surface area contributed by atoms with E-state index in [2.05, 4.69) is 24.3 Å². The number of nitrogens with zero attached hydrogens (tertiary/aromatic N) is 1. The molecule has 1 aliphatic heterocycles. The summed E-state index contributed by atoms with van der Waals surface area (Å²) in [6.45, 7) is 3.94. The molecule has 0 spiro atoms. The number of hydrogen-bond donors (Lipinski definition) is 0. The van der Waals surface area contributed by atoms with Gasteiger partial charge in [-0.15, -0.1) is 0 Å². The largest absolute Gasteiger partial charge is 0.264 e. The lowest BCUT2D eigenvalue weighted by Crippen LogP contribution is -2.37. The fourth-order valence-corrected chi connectivity index (χ4v) is 6.59. The van der Waals surface area contributed by atoms with E-state index in [-0.39, 0.29) is 4.90 Å². The van der Waals surface area contributed by atoms with E-state index in [1.165, 1.54) is 0 Å². The third-order valence-corrected chi connectivity index (χ3v) is 8.46. The lowest BCUT2D eigenvalue weighted by atomic mass is 9.80. The monoisotopic (exact) mass is 477 g/mol. The fraction of sp³-hybridized carbons (Fsp3) is 0.0968. The first-order valence-corrected chi connectivity index (χ1v) is 13.1. The Labute approximate surface area is 207 Å². The van der Waals surface area contributed by atoms with Gasteiger partial charge in [0.25, 0.3) is 10.0 Å². The third-order valence-electron chi connectivity index (χ3n) is 6.59. The third kappa shape index (κ3) is 4.11. The van der Waals surface area contributed by atoms with Crippen LogP contribution in [-0.4, -0.2) is 12.7 Å². The minimum Gasteiger partial charge on any atom is -0.258 e. The van der Waals surface area contributed by atoms with Crippen molar-refractivity contribution >= 4 is 21.2 Å². The Morgan fingerprint density at radius 1 is 0.600 bits per heavy atom. The van der Waals surface area contributed by atoms with Gasteiger partial charge in [-0.2, -0.15) is 0 Å². The molecule has 0 saturated heterocycles. The minimum absolute atomic E-state index is 0.281. The topological polar surface area (TPSA) is 37.4 Å². The van der Waals surface area contributed by atoms with Crippen LogP contribution in [0.2, 0.25) is 0 Å². The average molecular weight is 478 g/mol. The molecule has 4 heteroatoms. The number of benzene rings is 4. The van der Waals surface area contributed by atoms with E-state index in [0.29, 0.717) is 0 Å². The maximum Gasteiger partial charge on any atom is 0.264 e. The van der Waals surface area contributed by atoms with Gasteiger partial charge >= 0.3 is 0 Å². The smallest absolute Gasteiger partial charge is 0.258 e. The maximum absolute atomic E-state index is 14.2. The Morgan fingerprint density at radius 3 is 1.60 bits per heavy atom. The standard InChI is InChI=1S/C31H27NO2S/c1-23-24(2)32(35(33,34)28-21-13-6-14-22-28)31(27-19-11-5-12-20-27)30(26-17-9-4-10-18-26)29(23)25-15-7-3-8-16-25/h3-22,31H,1-2H3. The summed E-state index contributed by atoms with van der Waals surface area (Å²) in [5.41, 5.74) is 6.71. The van der Waals surface area contributed by atoms with Crippen LogP contribution in [0.25, 0.3) is 11.1 Å². The second-order valence-corrected chi connectivity index (χ2v) is 10.5. The van der Waals surface area contributed by atoms with Crippen molar-refractivity contribution in [1.29, 1.82) is 0 Å². The normalized spacial score (nSPS) is 16.5. The van der Waals surface area contributed by atoms with Crippen molar-refractivity contribution in [2.24, 2.45) is 0 Å². The summed E-state index contributed by atoms with van der Waals surface area (Å²) in [5.74, 6) is 0. The van der Waals surface area contributed by atoms with Crippen LogP contribution in [0.4, 0.5) is 0 Å². The molecule has 174 valence electrons. The molecule has 3 nitrogen and oxygen atoms in total. The molecule has 4 aromatic carbocycles. The van der Waals surface area contributed by atoms with Crippen LogP contribution in [0, 0.1) is 0 Å². The van der Waals surface area contributed by atoms with Crippen molar-refractivity contribution in [3.05, 3.63) is 149 Å². The van der Waals surface area contributed by atoms with Crippen molar-refractivity contribution in [2.75, 3.05) is 0 Å². The molecule has 0 aromatic heterocycles. The zero-order valence-corrected chi connectivity index (χ0v) is 20.6. The summed E-state index contributed by atoms with van der Waals surface area (Å²) in [5, 5.41) is 0. The summed E-state index contributed by atoms with van der Waals surface area (Å²) in [6, 6.07) is 38.5. The first kappa shape index (κ1) is 22.9. The molecular formula is C31H27NO2S. The lowest BCUT2D eigenvalue weighted by molar-refractivity contribution is 0.434. The van der Waals surface area contributed by atoms with Crippen LogP contribution in [0.15, 0.2) is 137 Å². The Bertz CT molecular complexity index is 1490. The molecule has 0 fully saturated rings. The highest BCUT2D eigenvalue weighted by Gasteiger charge is 2.41. The van der Waals surface area contributed by atoms with Gasteiger partial charge in [0.15, 0.2) is 0 Å². The molecule has 4 aromatic rings. The van der Waals surface area contributed by atoms with Gasteiger partial charge in [-0.3, -0.25) is 4.31 Å². The summed E-state index contributed by atoms with van der Waals surface area (Å²) in [6.07, 6.45) is 0. The van der Waals surface area contributed by atoms with Gasteiger partial charge in [0.05, 0.1) is 10.9 Å². The van der Waals surface area contributed by atoms with Crippen LogP contribution < -0.4 is 0 Å². The van der Waals surface area contributed by atoms with E-state index in [4.69, 9.17) is 0 Å². The number of sulfonamides is 1. The SMILES string of the molecule is CC1=C(C)N(S(=O)(=O)c2ccccc2)C(c2ccccc2)C(c2ccccc2)=C1c1ccccc1. The lowest BCUT2D eigenvalue weighted by Gasteiger charge is -2.41. The van der Waals surface area contributed by atoms with Gasteiger partial charge in [-0.25, -0.2) is 8.42 Å². The van der Waals surface area contributed by atoms with Crippen LogP contribution in [0.1, 0.15) is 36.6 Å². The Balaban J connectivity index is 1.88. The van der Waals surface area contributed by atoms with Crippen molar-refractivity contribution < 1.29 is 8.42 Å². The molecule has 0 amide bonds. The molecule has 1 unspecified atom stereocenters. The molecule has 1 atom stereocenters. The van der Waals surface area contributed by atoms with Crippen LogP contribution in [0.3, 0.4) is 0 Å². The Kier molecular flexibility index (Phi) is 6.14. The van der Waals surface area contributed by atoms with E-state index < -0.39 is 16.1 Å². The highest BCUT2D eigenvalue weighted by Crippen LogP contribution is 2.50. The number of allylic oxidation sites excluding steroid dienone is 3. The minimum atomic E-state index is -3.85. The highest BCUT2D eigenvalue weighted by atomic mass is 32.2. The Hall–Kier alpha value is -3.89. The summed E-state index contributed by atoms with van der Waals surface area (Å²) >= 11 is 0. The van der Waals surface area contributed by atoms with E-state index in [0.717, 1.165) is 39.1 Å². The molecule has 0 N–H and O–H groups in total. The first-order chi connectivity index (χ1) is 17.0. The molecule has 35 heavy (non-hydrogen) atoms. The summed E-state index contributed by atoms with van der Waals surface area (Å²) < 4.78 is 30.0. The van der Waals surface area contributed by atoms with Gasteiger partial charge in [0, 0.05) is 5.70 Å². The molecule has 0 bridgehead atoms. The predicted octanol–water partition coefficient (Wildman–Crippen LogP) is 7.34. The molecular weight excluding hydrogens is 450 g/mol. The van der Waals surface area contributed by atoms with Crippen molar-refractivity contribution in [3.63, 3.8) is 0 Å². The molecule has 5 rings (SSSR count). The first-order valence-electron chi connectivity index (χ1n) is 11.7. The van der Waals surface area contributed by atoms with Crippen molar-refractivity contribution in [2.45, 2.75) is 24.8 Å². The second-order valence-electron chi connectivity index (χ2n) is 8.66. The molecule has 0 radical (unpaired) electrons. The van der Waals surface area contributed by atoms with E-state index in [1.54, 1.807) is 28.6 Å². The van der Waals surface area contributed by atoms with E-state index in [9.17, 15) is 8.42 Å². The predicted molar refractivity (Wildman–Crippen MR) is 143 cm³/mol.